The molecule has 0 fully saturated rings. The number of amides is 1. The van der Waals surface area contributed by atoms with Gasteiger partial charge in [-0.05, 0) is 42.5 Å². The topological polar surface area (TPSA) is 50.4 Å². The monoisotopic (exact) mass is 348 g/mol. The number of ether oxygens (including phenoxy) is 1. The predicted octanol–water partition coefficient (Wildman–Crippen LogP) is 4.06. The molecule has 0 heterocycles. The average molecular weight is 348 g/mol. The average Bonchev–Trinajstić information content (AvgIpc) is 2.66. The number of hydrogen-bond acceptors (Lipinski definition) is 3. The highest BCUT2D eigenvalue weighted by atomic mass is 16.5. The first kappa shape index (κ1) is 17.8. The van der Waals surface area contributed by atoms with Gasteiger partial charge < -0.3 is 15.4 Å². The van der Waals surface area contributed by atoms with E-state index in [2.05, 4.69) is 28.8 Å². The predicted molar refractivity (Wildman–Crippen MR) is 107 cm³/mol. The van der Waals surface area contributed by atoms with Crippen LogP contribution in [0.1, 0.15) is 11.1 Å². The largest absolute Gasteiger partial charge is 0.483 e. The van der Waals surface area contributed by atoms with E-state index in [4.69, 9.17) is 4.74 Å². The Morgan fingerprint density at radius 1 is 0.923 bits per heavy atom. The van der Waals surface area contributed by atoms with Crippen LogP contribution >= 0.6 is 0 Å². The van der Waals surface area contributed by atoms with Crippen molar-refractivity contribution in [1.29, 1.82) is 0 Å². The lowest BCUT2D eigenvalue weighted by Gasteiger charge is -2.12. The minimum atomic E-state index is -0.120. The van der Waals surface area contributed by atoms with Crippen molar-refractivity contribution < 1.29 is 9.53 Å². The molecule has 0 radical (unpaired) electrons. The van der Waals surface area contributed by atoms with Crippen LogP contribution in [0.5, 0.6) is 5.75 Å². The third-order valence-corrected chi connectivity index (χ3v) is 4.47. The minimum absolute atomic E-state index is 0.0264. The highest BCUT2D eigenvalue weighted by molar-refractivity contribution is 5.93. The molecule has 3 aromatic carbocycles. The number of nitrogens with one attached hydrogen (secondary N) is 2. The number of benzene rings is 3. The van der Waals surface area contributed by atoms with Gasteiger partial charge in [0, 0.05) is 24.2 Å². The molecule has 26 heavy (non-hydrogen) atoms. The Morgan fingerprint density at radius 3 is 2.58 bits per heavy atom. The van der Waals surface area contributed by atoms with Crippen LogP contribution in [0.15, 0.2) is 60.7 Å². The van der Waals surface area contributed by atoms with Gasteiger partial charge in [0.25, 0.3) is 5.91 Å². The molecule has 0 unspecified atom stereocenters. The third-order valence-electron chi connectivity index (χ3n) is 4.47. The quantitative estimate of drug-likeness (QED) is 0.633. The number of aryl methyl sites for hydroxylation is 1. The van der Waals surface area contributed by atoms with E-state index in [0.717, 1.165) is 22.6 Å². The maximum absolute atomic E-state index is 12.0. The molecule has 0 aromatic heterocycles. The molecule has 0 spiro atoms. The van der Waals surface area contributed by atoms with Gasteiger partial charge in [-0.1, -0.05) is 48.5 Å². The van der Waals surface area contributed by atoms with Crippen LogP contribution in [-0.2, 0) is 4.79 Å². The Balaban J connectivity index is 1.44. The van der Waals surface area contributed by atoms with Crippen molar-refractivity contribution in [2.24, 2.45) is 0 Å². The third kappa shape index (κ3) is 4.33. The fraction of sp³-hybridized carbons (Fsp3) is 0.227. The summed E-state index contributed by atoms with van der Waals surface area (Å²) < 4.78 is 5.62. The molecule has 0 aliphatic rings. The second-order valence-electron chi connectivity index (χ2n) is 6.29. The fourth-order valence-electron chi connectivity index (χ4n) is 2.85. The lowest BCUT2D eigenvalue weighted by atomic mass is 10.1. The first-order valence-corrected chi connectivity index (χ1v) is 8.82. The van der Waals surface area contributed by atoms with Crippen molar-refractivity contribution in [2.75, 3.05) is 25.0 Å². The Hall–Kier alpha value is -3.01. The van der Waals surface area contributed by atoms with E-state index >= 15 is 0 Å². The van der Waals surface area contributed by atoms with Gasteiger partial charge in [0.1, 0.15) is 5.75 Å². The number of rotatable bonds is 7. The fourth-order valence-corrected chi connectivity index (χ4v) is 2.85. The number of fused-ring (bicyclic) bond motifs is 1. The first-order chi connectivity index (χ1) is 12.6. The maximum Gasteiger partial charge on any atom is 0.258 e. The SMILES string of the molecule is Cc1cccc(OCC(=O)NCCNc2cccc3ccccc23)c1C. The van der Waals surface area contributed by atoms with Crippen molar-refractivity contribution in [1.82, 2.24) is 5.32 Å². The van der Waals surface area contributed by atoms with Crippen molar-refractivity contribution in [3.8, 4) is 5.75 Å². The van der Waals surface area contributed by atoms with Gasteiger partial charge in [-0.15, -0.1) is 0 Å². The van der Waals surface area contributed by atoms with E-state index in [1.54, 1.807) is 0 Å². The molecule has 134 valence electrons. The Morgan fingerprint density at radius 2 is 1.69 bits per heavy atom. The lowest BCUT2D eigenvalue weighted by molar-refractivity contribution is -0.123. The molecule has 2 N–H and O–H groups in total. The summed E-state index contributed by atoms with van der Waals surface area (Å²) in [6.07, 6.45) is 0. The normalized spacial score (nSPS) is 10.5. The summed E-state index contributed by atoms with van der Waals surface area (Å²) in [6.45, 7) is 5.25. The zero-order chi connectivity index (χ0) is 18.4. The van der Waals surface area contributed by atoms with Crippen LogP contribution in [0.2, 0.25) is 0 Å². The summed E-state index contributed by atoms with van der Waals surface area (Å²) >= 11 is 0. The van der Waals surface area contributed by atoms with E-state index in [0.29, 0.717) is 13.1 Å². The molecular weight excluding hydrogens is 324 g/mol. The number of hydrogen-bond donors (Lipinski definition) is 2. The highest BCUT2D eigenvalue weighted by Gasteiger charge is 2.06. The van der Waals surface area contributed by atoms with E-state index in [1.165, 1.54) is 10.8 Å². The maximum atomic E-state index is 12.0. The van der Waals surface area contributed by atoms with E-state index in [1.807, 2.05) is 56.3 Å². The molecule has 3 rings (SSSR count). The van der Waals surface area contributed by atoms with Crippen LogP contribution < -0.4 is 15.4 Å². The first-order valence-electron chi connectivity index (χ1n) is 8.82. The van der Waals surface area contributed by atoms with Crippen LogP contribution in [-0.4, -0.2) is 25.6 Å². The Kier molecular flexibility index (Phi) is 5.74. The van der Waals surface area contributed by atoms with Gasteiger partial charge in [0.15, 0.2) is 6.61 Å². The molecule has 4 nitrogen and oxygen atoms in total. The molecule has 3 aromatic rings. The van der Waals surface area contributed by atoms with Gasteiger partial charge in [0.2, 0.25) is 0 Å². The molecule has 0 aliphatic heterocycles. The zero-order valence-corrected chi connectivity index (χ0v) is 15.2. The van der Waals surface area contributed by atoms with Gasteiger partial charge in [-0.2, -0.15) is 0 Å². The molecule has 0 bridgehead atoms. The summed E-state index contributed by atoms with van der Waals surface area (Å²) in [7, 11) is 0. The molecule has 1 amide bonds. The lowest BCUT2D eigenvalue weighted by Crippen LogP contribution is -2.32. The number of carbonyl (C=O) groups excluding carboxylic acids is 1. The second kappa shape index (κ2) is 8.39. The van der Waals surface area contributed by atoms with Gasteiger partial charge in [0.05, 0.1) is 0 Å². The number of anilines is 1. The van der Waals surface area contributed by atoms with E-state index in [9.17, 15) is 4.79 Å². The zero-order valence-electron chi connectivity index (χ0n) is 15.2. The summed E-state index contributed by atoms with van der Waals surface area (Å²) in [6, 6.07) is 20.3. The number of carbonyl (C=O) groups is 1. The smallest absolute Gasteiger partial charge is 0.258 e. The van der Waals surface area contributed by atoms with Crippen molar-refractivity contribution in [3.05, 3.63) is 71.8 Å². The van der Waals surface area contributed by atoms with Gasteiger partial charge >= 0.3 is 0 Å². The van der Waals surface area contributed by atoms with Crippen LogP contribution in [0.25, 0.3) is 10.8 Å². The van der Waals surface area contributed by atoms with Gasteiger partial charge in [-0.3, -0.25) is 4.79 Å². The van der Waals surface area contributed by atoms with E-state index < -0.39 is 0 Å². The van der Waals surface area contributed by atoms with E-state index in [-0.39, 0.29) is 12.5 Å². The second-order valence-corrected chi connectivity index (χ2v) is 6.29. The summed E-state index contributed by atoms with van der Waals surface area (Å²) in [4.78, 5) is 12.0. The molecule has 0 atom stereocenters. The molecule has 4 heteroatoms. The highest BCUT2D eigenvalue weighted by Crippen LogP contribution is 2.22. The van der Waals surface area contributed by atoms with Crippen LogP contribution in [0, 0.1) is 13.8 Å². The van der Waals surface area contributed by atoms with Crippen molar-refractivity contribution in [2.45, 2.75) is 13.8 Å². The van der Waals surface area contributed by atoms with Gasteiger partial charge in [-0.25, -0.2) is 0 Å². The minimum Gasteiger partial charge on any atom is -0.483 e. The molecule has 0 saturated heterocycles. The van der Waals surface area contributed by atoms with Crippen molar-refractivity contribution in [3.63, 3.8) is 0 Å². The Labute approximate surface area is 154 Å². The molecular formula is C22H24N2O2. The van der Waals surface area contributed by atoms with Crippen LogP contribution in [0.3, 0.4) is 0 Å². The summed E-state index contributed by atoms with van der Waals surface area (Å²) in [5.41, 5.74) is 3.30. The summed E-state index contributed by atoms with van der Waals surface area (Å²) in [5, 5.41) is 8.63. The Bertz CT molecular complexity index is 900. The van der Waals surface area contributed by atoms with Crippen LogP contribution in [0.4, 0.5) is 5.69 Å². The molecule has 0 saturated carbocycles. The molecule has 0 aliphatic carbocycles. The standard InChI is InChI=1S/C22H24N2O2/c1-16-7-5-12-21(17(16)2)26-15-22(25)24-14-13-23-20-11-6-9-18-8-3-4-10-19(18)20/h3-12,23H,13-15H2,1-2H3,(H,24,25). The summed E-state index contributed by atoms with van der Waals surface area (Å²) in [5.74, 6) is 0.639. The van der Waals surface area contributed by atoms with Crippen molar-refractivity contribution >= 4 is 22.4 Å².